The van der Waals surface area contributed by atoms with Crippen LogP contribution in [0.15, 0.2) is 29.4 Å². The molecule has 0 aliphatic heterocycles. The number of aromatic nitrogens is 4. The fourth-order valence-corrected chi connectivity index (χ4v) is 3.04. The SMILES string of the molecule is C[C@@H](Sc1nnnn1C(C)(C)C)C(=O)N[C@H](C)c1ccc(F)cc1. The van der Waals surface area contributed by atoms with E-state index in [1.165, 1.54) is 23.9 Å². The summed E-state index contributed by atoms with van der Waals surface area (Å²) in [6.07, 6.45) is 0. The van der Waals surface area contributed by atoms with Gasteiger partial charge in [0.15, 0.2) is 0 Å². The van der Waals surface area contributed by atoms with Crippen molar-refractivity contribution in [3.8, 4) is 0 Å². The van der Waals surface area contributed by atoms with Crippen molar-refractivity contribution >= 4 is 17.7 Å². The van der Waals surface area contributed by atoms with Crippen molar-refractivity contribution in [1.29, 1.82) is 0 Å². The molecule has 2 atom stereocenters. The zero-order chi connectivity index (χ0) is 17.9. The number of nitrogens with zero attached hydrogens (tertiary/aromatic N) is 4. The summed E-state index contributed by atoms with van der Waals surface area (Å²) in [6, 6.07) is 5.89. The summed E-state index contributed by atoms with van der Waals surface area (Å²) >= 11 is 1.31. The van der Waals surface area contributed by atoms with Gasteiger partial charge in [-0.1, -0.05) is 23.9 Å². The maximum atomic E-state index is 13.0. The predicted octanol–water partition coefficient (Wildman–Crippen LogP) is 2.93. The van der Waals surface area contributed by atoms with Crippen LogP contribution < -0.4 is 5.32 Å². The molecular formula is C16H22FN5OS. The number of hydrogen-bond acceptors (Lipinski definition) is 5. The number of halogens is 1. The van der Waals surface area contributed by atoms with Crippen LogP contribution in [0, 0.1) is 5.82 Å². The lowest BCUT2D eigenvalue weighted by atomic mass is 10.1. The van der Waals surface area contributed by atoms with Gasteiger partial charge in [-0.2, -0.15) is 0 Å². The first-order chi connectivity index (χ1) is 11.2. The van der Waals surface area contributed by atoms with Crippen LogP contribution in [0.4, 0.5) is 4.39 Å². The number of benzene rings is 1. The van der Waals surface area contributed by atoms with Gasteiger partial charge in [0.1, 0.15) is 5.82 Å². The molecule has 0 aliphatic carbocycles. The van der Waals surface area contributed by atoms with Gasteiger partial charge in [0.25, 0.3) is 0 Å². The first kappa shape index (κ1) is 18.4. The Balaban J connectivity index is 2.00. The normalized spacial score (nSPS) is 14.2. The molecule has 0 saturated heterocycles. The van der Waals surface area contributed by atoms with Crippen LogP contribution in [0.1, 0.15) is 46.2 Å². The molecule has 0 radical (unpaired) electrons. The largest absolute Gasteiger partial charge is 0.349 e. The third-order valence-electron chi connectivity index (χ3n) is 3.46. The molecule has 1 amide bonds. The van der Waals surface area contributed by atoms with E-state index in [1.54, 1.807) is 23.7 Å². The molecule has 130 valence electrons. The lowest BCUT2D eigenvalue weighted by Gasteiger charge is -2.21. The number of tetrazole rings is 1. The lowest BCUT2D eigenvalue weighted by Crippen LogP contribution is -2.33. The summed E-state index contributed by atoms with van der Waals surface area (Å²) < 4.78 is 14.7. The van der Waals surface area contributed by atoms with Crippen molar-refractivity contribution in [1.82, 2.24) is 25.5 Å². The Kier molecular flexibility index (Phi) is 5.58. The summed E-state index contributed by atoms with van der Waals surface area (Å²) in [6.45, 7) is 9.65. The zero-order valence-electron chi connectivity index (χ0n) is 14.4. The number of rotatable bonds is 5. The molecule has 24 heavy (non-hydrogen) atoms. The number of carbonyl (C=O) groups excluding carboxylic acids is 1. The van der Waals surface area contributed by atoms with Gasteiger partial charge in [0.05, 0.1) is 16.8 Å². The standard InChI is InChI=1S/C16H22FN5OS/c1-10(12-6-8-13(17)9-7-12)18-14(23)11(2)24-15-19-20-21-22(15)16(3,4)5/h6-11H,1-5H3,(H,18,23)/t10-,11-/m1/s1. The van der Waals surface area contributed by atoms with Gasteiger partial charge >= 0.3 is 0 Å². The maximum Gasteiger partial charge on any atom is 0.233 e. The van der Waals surface area contributed by atoms with Crippen molar-refractivity contribution < 1.29 is 9.18 Å². The van der Waals surface area contributed by atoms with E-state index in [4.69, 9.17) is 0 Å². The molecule has 0 bridgehead atoms. The molecule has 1 aromatic carbocycles. The highest BCUT2D eigenvalue weighted by atomic mass is 32.2. The van der Waals surface area contributed by atoms with E-state index in [-0.39, 0.29) is 28.6 Å². The Morgan fingerprint density at radius 3 is 2.46 bits per heavy atom. The van der Waals surface area contributed by atoms with E-state index in [9.17, 15) is 9.18 Å². The number of nitrogens with one attached hydrogen (secondary N) is 1. The van der Waals surface area contributed by atoms with E-state index in [1.807, 2.05) is 27.7 Å². The topological polar surface area (TPSA) is 72.7 Å². The molecule has 2 aromatic rings. The Hall–Kier alpha value is -1.96. The predicted molar refractivity (Wildman–Crippen MR) is 91.1 cm³/mol. The van der Waals surface area contributed by atoms with Crippen LogP contribution in [-0.2, 0) is 10.3 Å². The molecule has 0 saturated carbocycles. The molecule has 8 heteroatoms. The van der Waals surface area contributed by atoms with Crippen molar-refractivity contribution in [2.45, 2.75) is 56.6 Å². The summed E-state index contributed by atoms with van der Waals surface area (Å²) in [5, 5.41) is 14.8. The maximum absolute atomic E-state index is 13.0. The molecule has 1 heterocycles. The number of thioether (sulfide) groups is 1. The molecule has 2 rings (SSSR count). The zero-order valence-corrected chi connectivity index (χ0v) is 15.3. The molecule has 1 N–H and O–H groups in total. The Morgan fingerprint density at radius 2 is 1.88 bits per heavy atom. The second kappa shape index (κ2) is 7.29. The molecule has 0 spiro atoms. The summed E-state index contributed by atoms with van der Waals surface area (Å²) in [5.74, 6) is -0.421. The van der Waals surface area contributed by atoms with Crippen molar-refractivity contribution in [3.63, 3.8) is 0 Å². The number of carbonyl (C=O) groups is 1. The molecule has 0 aliphatic rings. The third kappa shape index (κ3) is 4.53. The smallest absolute Gasteiger partial charge is 0.233 e. The molecular weight excluding hydrogens is 329 g/mol. The first-order valence-electron chi connectivity index (χ1n) is 7.70. The van der Waals surface area contributed by atoms with Gasteiger partial charge in [0.2, 0.25) is 11.1 Å². The second-order valence-electron chi connectivity index (χ2n) is 6.59. The Labute approximate surface area is 145 Å². The summed E-state index contributed by atoms with van der Waals surface area (Å²) in [7, 11) is 0. The van der Waals surface area contributed by atoms with Crippen molar-refractivity contribution in [3.05, 3.63) is 35.6 Å². The van der Waals surface area contributed by atoms with Gasteiger partial charge in [-0.05, 0) is 62.7 Å². The minimum atomic E-state index is -0.361. The van der Waals surface area contributed by atoms with Crippen molar-refractivity contribution in [2.24, 2.45) is 0 Å². The average Bonchev–Trinajstić information content (AvgIpc) is 2.96. The van der Waals surface area contributed by atoms with Crippen LogP contribution in [0.25, 0.3) is 0 Å². The lowest BCUT2D eigenvalue weighted by molar-refractivity contribution is -0.120. The van der Waals surface area contributed by atoms with E-state index >= 15 is 0 Å². The van der Waals surface area contributed by atoms with E-state index in [0.717, 1.165) is 5.56 Å². The van der Waals surface area contributed by atoms with Gasteiger partial charge in [-0.3, -0.25) is 4.79 Å². The van der Waals surface area contributed by atoms with Crippen LogP contribution in [0.5, 0.6) is 0 Å². The molecule has 0 fully saturated rings. The number of amides is 1. The monoisotopic (exact) mass is 351 g/mol. The minimum Gasteiger partial charge on any atom is -0.349 e. The highest BCUT2D eigenvalue weighted by Crippen LogP contribution is 2.25. The Morgan fingerprint density at radius 1 is 1.25 bits per heavy atom. The van der Waals surface area contributed by atoms with Gasteiger partial charge in [0, 0.05) is 0 Å². The fourth-order valence-electron chi connectivity index (χ4n) is 2.05. The summed E-state index contributed by atoms with van der Waals surface area (Å²) in [4.78, 5) is 12.4. The van der Waals surface area contributed by atoms with Crippen LogP contribution in [0.3, 0.4) is 0 Å². The average molecular weight is 351 g/mol. The van der Waals surface area contributed by atoms with Gasteiger partial charge < -0.3 is 5.32 Å². The quantitative estimate of drug-likeness (QED) is 0.839. The third-order valence-corrected chi connectivity index (χ3v) is 4.49. The molecule has 1 aromatic heterocycles. The van der Waals surface area contributed by atoms with E-state index < -0.39 is 0 Å². The summed E-state index contributed by atoms with van der Waals surface area (Å²) in [5.41, 5.74) is 0.588. The van der Waals surface area contributed by atoms with Crippen molar-refractivity contribution in [2.75, 3.05) is 0 Å². The van der Waals surface area contributed by atoms with E-state index in [2.05, 4.69) is 20.8 Å². The van der Waals surface area contributed by atoms with Gasteiger partial charge in [-0.15, -0.1) is 5.10 Å². The van der Waals surface area contributed by atoms with Crippen LogP contribution in [0.2, 0.25) is 0 Å². The van der Waals surface area contributed by atoms with Gasteiger partial charge in [-0.25, -0.2) is 9.07 Å². The Bertz CT molecular complexity index is 695. The van der Waals surface area contributed by atoms with Crippen LogP contribution >= 0.6 is 11.8 Å². The highest BCUT2D eigenvalue weighted by molar-refractivity contribution is 8.00. The number of hydrogen-bond donors (Lipinski definition) is 1. The van der Waals surface area contributed by atoms with Crippen LogP contribution in [-0.4, -0.2) is 31.4 Å². The molecule has 6 nitrogen and oxygen atoms in total. The fraction of sp³-hybridized carbons (Fsp3) is 0.500. The minimum absolute atomic E-state index is 0.125. The highest BCUT2D eigenvalue weighted by Gasteiger charge is 2.24. The van der Waals surface area contributed by atoms with E-state index in [0.29, 0.717) is 5.16 Å². The second-order valence-corrected chi connectivity index (χ2v) is 7.89. The first-order valence-corrected chi connectivity index (χ1v) is 8.58. The molecule has 0 unspecified atom stereocenters.